The zero-order valence-electron chi connectivity index (χ0n) is 16.4. The molecule has 136 valence electrons. The molecule has 4 aromatic carbocycles. The summed E-state index contributed by atoms with van der Waals surface area (Å²) in [6.45, 7) is 4.26. The second kappa shape index (κ2) is 10.3. The van der Waals surface area contributed by atoms with Gasteiger partial charge in [-0.15, -0.1) is 11.1 Å². The van der Waals surface area contributed by atoms with E-state index in [-0.39, 0.29) is 0 Å². The van der Waals surface area contributed by atoms with Crippen LogP contribution < -0.4 is 0 Å². The molecule has 0 spiro atoms. The summed E-state index contributed by atoms with van der Waals surface area (Å²) in [6.07, 6.45) is 1.05. The molecule has 28 heavy (non-hydrogen) atoms. The smallest absolute Gasteiger partial charge is 0.172 e. The van der Waals surface area contributed by atoms with Gasteiger partial charge in [-0.25, -0.2) is 12.1 Å². The van der Waals surface area contributed by atoms with E-state index in [0.717, 1.165) is 6.42 Å². The van der Waals surface area contributed by atoms with E-state index < -0.39 is 0 Å². The van der Waals surface area contributed by atoms with Crippen LogP contribution in [0.15, 0.2) is 91.0 Å². The number of hydrogen-bond donors (Lipinski definition) is 0. The minimum atomic E-state index is 1.05. The van der Waals surface area contributed by atoms with E-state index in [2.05, 4.69) is 78.2 Å². The Morgan fingerprint density at radius 3 is 2.18 bits per heavy atom. The molecule has 0 aliphatic heterocycles. The van der Waals surface area contributed by atoms with Gasteiger partial charge in [0.2, 0.25) is 0 Å². The van der Waals surface area contributed by atoms with Gasteiger partial charge in [0.15, 0.2) is 0 Å². The largest absolute Gasteiger partial charge is 0.214 e. The molecule has 0 saturated carbocycles. The number of rotatable bonds is 1. The molecule has 0 amide bonds. The summed E-state index contributed by atoms with van der Waals surface area (Å²) in [7, 11) is 0. The first-order chi connectivity index (χ1) is 13.7. The first-order valence-corrected chi connectivity index (χ1v) is 10.9. The average molecular weight is 440 g/mol. The molecule has 0 atom stereocenters. The van der Waals surface area contributed by atoms with E-state index in [1.54, 1.807) is 0 Å². The third-order valence-corrected chi connectivity index (χ3v) is 5.43. The van der Waals surface area contributed by atoms with E-state index in [0.29, 0.717) is 0 Å². The first-order valence-electron chi connectivity index (χ1n) is 9.51. The molecular formula is C27H24Zr. The molecule has 4 aromatic rings. The van der Waals surface area contributed by atoms with Gasteiger partial charge < -0.3 is 0 Å². The summed E-state index contributed by atoms with van der Waals surface area (Å²) in [6, 6.07) is 34.9. The standard InChI is InChI=1S/C15H13.C7H6.C5H5.Zr/c1-10-3-5-14-12(7-10)9-13-8-11(2)4-6-15(13)14;1-7-5-3-2-4-6-7;1-2-4-5-3-1;/h3-7H,9H2,1-2H3;1-6H;1-5H;/q-1;;-1;+2. The van der Waals surface area contributed by atoms with Crippen molar-refractivity contribution >= 4 is 3.71 Å². The molecule has 0 nitrogen and oxygen atoms in total. The van der Waals surface area contributed by atoms with Crippen molar-refractivity contribution in [3.05, 3.63) is 125 Å². The second-order valence-corrected chi connectivity index (χ2v) is 7.60. The van der Waals surface area contributed by atoms with Gasteiger partial charge in [0.05, 0.1) is 0 Å². The van der Waals surface area contributed by atoms with Crippen molar-refractivity contribution in [3.63, 3.8) is 0 Å². The molecule has 0 fully saturated rings. The zero-order valence-corrected chi connectivity index (χ0v) is 18.9. The van der Waals surface area contributed by atoms with Crippen LogP contribution in [-0.2, 0) is 30.7 Å². The Kier molecular flexibility index (Phi) is 7.57. The molecule has 0 aromatic heterocycles. The Morgan fingerprint density at radius 1 is 0.857 bits per heavy atom. The van der Waals surface area contributed by atoms with Crippen molar-refractivity contribution in [3.8, 4) is 11.1 Å². The number of fused-ring (bicyclic) bond motifs is 3. The fourth-order valence-electron chi connectivity index (χ4n) is 3.24. The van der Waals surface area contributed by atoms with Crippen molar-refractivity contribution in [2.45, 2.75) is 20.3 Å². The van der Waals surface area contributed by atoms with Gasteiger partial charge in [0.1, 0.15) is 0 Å². The van der Waals surface area contributed by atoms with Crippen LogP contribution in [0.1, 0.15) is 27.8 Å². The van der Waals surface area contributed by atoms with Crippen molar-refractivity contribution in [1.82, 2.24) is 0 Å². The fraction of sp³-hybridized carbons (Fsp3) is 0.111. The summed E-state index contributed by atoms with van der Waals surface area (Å²) in [5.41, 5.74) is 9.48. The number of benzene rings is 3. The summed E-state index contributed by atoms with van der Waals surface area (Å²) in [5.74, 6) is 0. The fourth-order valence-corrected chi connectivity index (χ4v) is 3.71. The maximum absolute atomic E-state index is 3.45. The Hall–Kier alpha value is -2.24. The minimum absolute atomic E-state index is 1.05. The Morgan fingerprint density at radius 2 is 1.57 bits per heavy atom. The Balaban J connectivity index is 0.000000144. The maximum atomic E-state index is 3.45. The molecule has 0 saturated heterocycles. The van der Waals surface area contributed by atoms with Crippen molar-refractivity contribution < 1.29 is 24.2 Å². The van der Waals surface area contributed by atoms with Crippen LogP contribution in [0.3, 0.4) is 0 Å². The second-order valence-electron chi connectivity index (χ2n) is 6.89. The third kappa shape index (κ3) is 5.63. The van der Waals surface area contributed by atoms with E-state index >= 15 is 0 Å². The number of aryl methyl sites for hydroxylation is 2. The summed E-state index contributed by atoms with van der Waals surface area (Å²) in [4.78, 5) is 0. The van der Waals surface area contributed by atoms with Crippen LogP contribution in [0.4, 0.5) is 0 Å². The SMILES string of the molecule is Cc1[c-]c2c(cc1)-c1ccc(C)cc1C2.[Zr+2]=[CH]c1ccccc1.c1cc[cH-]c1. The molecule has 0 N–H and O–H groups in total. The van der Waals surface area contributed by atoms with Gasteiger partial charge in [0.25, 0.3) is 0 Å². The molecule has 5 rings (SSSR count). The topological polar surface area (TPSA) is 0 Å². The predicted molar refractivity (Wildman–Crippen MR) is 117 cm³/mol. The van der Waals surface area contributed by atoms with Gasteiger partial charge in [-0.05, 0) is 18.9 Å². The van der Waals surface area contributed by atoms with Crippen LogP contribution in [-0.4, -0.2) is 3.71 Å². The zero-order chi connectivity index (χ0) is 19.8. The molecular weight excluding hydrogens is 416 g/mol. The molecule has 1 heteroatoms. The van der Waals surface area contributed by atoms with Crippen molar-refractivity contribution in [2.75, 3.05) is 0 Å². The first kappa shape index (κ1) is 20.5. The summed E-state index contributed by atoms with van der Waals surface area (Å²) >= 11 is 1.46. The number of hydrogen-bond acceptors (Lipinski definition) is 0. The van der Waals surface area contributed by atoms with Gasteiger partial charge in [-0.2, -0.15) is 42.0 Å². The van der Waals surface area contributed by atoms with E-state index in [4.69, 9.17) is 0 Å². The van der Waals surface area contributed by atoms with Crippen molar-refractivity contribution in [1.29, 1.82) is 0 Å². The van der Waals surface area contributed by atoms with E-state index in [9.17, 15) is 0 Å². The maximum Gasteiger partial charge on any atom is -0.172 e. The van der Waals surface area contributed by atoms with Gasteiger partial charge >= 0.3 is 63.8 Å². The van der Waals surface area contributed by atoms with Crippen LogP contribution in [0.25, 0.3) is 11.1 Å². The average Bonchev–Trinajstić information content (AvgIpc) is 3.40. The van der Waals surface area contributed by atoms with E-state index in [1.165, 1.54) is 63.2 Å². The quantitative estimate of drug-likeness (QED) is 0.263. The van der Waals surface area contributed by atoms with Gasteiger partial charge in [-0.1, -0.05) is 36.2 Å². The predicted octanol–water partition coefficient (Wildman–Crippen LogP) is 6.46. The van der Waals surface area contributed by atoms with Gasteiger partial charge in [0, 0.05) is 0 Å². The molecule has 1 aliphatic rings. The van der Waals surface area contributed by atoms with Crippen LogP contribution >= 0.6 is 0 Å². The monoisotopic (exact) mass is 438 g/mol. The van der Waals surface area contributed by atoms with Crippen LogP contribution in [0.2, 0.25) is 0 Å². The van der Waals surface area contributed by atoms with Crippen LogP contribution in [0.5, 0.6) is 0 Å². The van der Waals surface area contributed by atoms with Crippen LogP contribution in [0, 0.1) is 19.9 Å². The summed E-state index contributed by atoms with van der Waals surface area (Å²) < 4.78 is 2.17. The van der Waals surface area contributed by atoms with E-state index in [1.807, 2.05) is 36.4 Å². The Bertz CT molecular complexity index is 945. The summed E-state index contributed by atoms with van der Waals surface area (Å²) in [5, 5.41) is 0. The Labute approximate surface area is 183 Å². The van der Waals surface area contributed by atoms with Crippen molar-refractivity contribution in [2.24, 2.45) is 0 Å². The minimum Gasteiger partial charge on any atom is -0.214 e. The van der Waals surface area contributed by atoms with Gasteiger partial charge in [-0.3, -0.25) is 0 Å². The molecule has 0 heterocycles. The molecule has 1 aliphatic carbocycles. The molecule has 0 bridgehead atoms. The molecule has 0 unspecified atom stereocenters. The third-order valence-electron chi connectivity index (χ3n) is 4.61. The normalized spacial score (nSPS) is 10.6. The molecule has 0 radical (unpaired) electrons.